The lowest BCUT2D eigenvalue weighted by molar-refractivity contribution is -0.119. The van der Waals surface area contributed by atoms with Crippen LogP contribution >= 0.6 is 0 Å². The summed E-state index contributed by atoms with van der Waals surface area (Å²) in [5.41, 5.74) is 0.909. The van der Waals surface area contributed by atoms with Gasteiger partial charge in [0, 0.05) is 29.1 Å². The molecule has 0 aliphatic heterocycles. The molecule has 1 saturated carbocycles. The van der Waals surface area contributed by atoms with E-state index in [1.165, 1.54) is 47.0 Å². The van der Waals surface area contributed by atoms with Crippen molar-refractivity contribution < 1.29 is 23.1 Å². The number of anilines is 2. The zero-order valence-corrected chi connectivity index (χ0v) is 23.1. The molecule has 0 unspecified atom stereocenters. The van der Waals surface area contributed by atoms with E-state index in [1.807, 2.05) is 0 Å². The normalized spacial score (nSPS) is 13.3. The molecular weight excluding hydrogens is 556 g/mol. The second-order valence-electron chi connectivity index (χ2n) is 10.4. The SMILES string of the molecule is Cc1ccc(C(=O)Nc2ccc(Oc3ccc4nc(NC(=O)C5CCCC5)cn4c3)c(F)c2)c(=O)n1-c1ccc(F)cc1. The molecule has 1 aliphatic carbocycles. The Kier molecular flexibility index (Phi) is 7.45. The first-order chi connectivity index (χ1) is 20.7. The largest absolute Gasteiger partial charge is 0.453 e. The summed E-state index contributed by atoms with van der Waals surface area (Å²) in [5, 5.41) is 5.41. The fraction of sp³-hybridized carbons (Fsp3) is 0.188. The Bertz CT molecular complexity index is 1910. The minimum atomic E-state index is -0.735. The van der Waals surface area contributed by atoms with Crippen LogP contribution in [0.25, 0.3) is 11.3 Å². The van der Waals surface area contributed by atoms with Gasteiger partial charge in [-0.25, -0.2) is 13.8 Å². The average molecular weight is 584 g/mol. The molecule has 0 bridgehead atoms. The maximum Gasteiger partial charge on any atom is 0.268 e. The van der Waals surface area contributed by atoms with Crippen molar-refractivity contribution in [3.63, 3.8) is 0 Å². The number of carbonyl (C=O) groups is 2. The molecule has 11 heteroatoms. The lowest BCUT2D eigenvalue weighted by Gasteiger charge is -2.13. The molecule has 1 fully saturated rings. The number of ether oxygens (including phenoxy) is 1. The summed E-state index contributed by atoms with van der Waals surface area (Å²) in [5.74, 6) is -1.26. The van der Waals surface area contributed by atoms with Crippen molar-refractivity contribution in [2.24, 2.45) is 5.92 Å². The number of amides is 2. The van der Waals surface area contributed by atoms with Gasteiger partial charge < -0.3 is 19.8 Å². The zero-order chi connectivity index (χ0) is 30.1. The number of fused-ring (bicyclic) bond motifs is 1. The summed E-state index contributed by atoms with van der Waals surface area (Å²) >= 11 is 0. The number of aromatic nitrogens is 3. The Morgan fingerprint density at radius 1 is 0.930 bits per heavy atom. The first-order valence-electron chi connectivity index (χ1n) is 13.8. The van der Waals surface area contributed by atoms with E-state index in [1.54, 1.807) is 41.9 Å². The molecule has 3 aromatic heterocycles. The van der Waals surface area contributed by atoms with Gasteiger partial charge in [0.25, 0.3) is 11.5 Å². The van der Waals surface area contributed by atoms with E-state index in [9.17, 15) is 18.8 Å². The molecule has 2 amide bonds. The van der Waals surface area contributed by atoms with Crippen molar-refractivity contribution in [3.05, 3.63) is 112 Å². The van der Waals surface area contributed by atoms with Gasteiger partial charge in [-0.05, 0) is 80.4 Å². The van der Waals surface area contributed by atoms with Crippen LogP contribution in [-0.2, 0) is 4.79 Å². The second kappa shape index (κ2) is 11.5. The predicted octanol–water partition coefficient (Wildman–Crippen LogP) is 6.25. The second-order valence-corrected chi connectivity index (χ2v) is 10.4. The average Bonchev–Trinajstić information content (AvgIpc) is 3.65. The molecular formula is C32H27F2N5O4. The van der Waals surface area contributed by atoms with E-state index >= 15 is 4.39 Å². The lowest BCUT2D eigenvalue weighted by atomic mass is 10.1. The minimum absolute atomic E-state index is 0.0106. The highest BCUT2D eigenvalue weighted by Crippen LogP contribution is 2.29. The van der Waals surface area contributed by atoms with Gasteiger partial charge in [0.15, 0.2) is 17.4 Å². The molecule has 1 aliphatic rings. The Hall–Kier alpha value is -5.32. The van der Waals surface area contributed by atoms with Crippen LogP contribution in [0.15, 0.2) is 83.9 Å². The van der Waals surface area contributed by atoms with Crippen molar-refractivity contribution in [1.82, 2.24) is 14.0 Å². The fourth-order valence-corrected chi connectivity index (χ4v) is 5.21. The molecule has 0 atom stereocenters. The number of hydrogen-bond donors (Lipinski definition) is 2. The number of nitrogens with one attached hydrogen (secondary N) is 2. The van der Waals surface area contributed by atoms with Crippen molar-refractivity contribution in [3.8, 4) is 17.2 Å². The molecule has 5 aromatic rings. The highest BCUT2D eigenvalue weighted by Gasteiger charge is 2.23. The third-order valence-electron chi connectivity index (χ3n) is 7.43. The third kappa shape index (κ3) is 5.87. The number of benzene rings is 2. The number of carbonyl (C=O) groups excluding carboxylic acids is 2. The summed E-state index contributed by atoms with van der Waals surface area (Å²) in [6, 6.07) is 15.5. The van der Waals surface area contributed by atoms with E-state index in [4.69, 9.17) is 4.74 Å². The molecule has 2 N–H and O–H groups in total. The third-order valence-corrected chi connectivity index (χ3v) is 7.43. The van der Waals surface area contributed by atoms with E-state index < -0.39 is 23.1 Å². The predicted molar refractivity (Wildman–Crippen MR) is 157 cm³/mol. The number of nitrogens with zero attached hydrogens (tertiary/aromatic N) is 3. The minimum Gasteiger partial charge on any atom is -0.453 e. The van der Waals surface area contributed by atoms with Crippen molar-refractivity contribution >= 4 is 29.0 Å². The van der Waals surface area contributed by atoms with Gasteiger partial charge in [0.05, 0.1) is 12.4 Å². The van der Waals surface area contributed by atoms with Crippen LogP contribution < -0.4 is 20.9 Å². The van der Waals surface area contributed by atoms with Gasteiger partial charge >= 0.3 is 0 Å². The maximum absolute atomic E-state index is 15.0. The molecule has 2 aromatic carbocycles. The number of pyridine rings is 2. The Morgan fingerprint density at radius 2 is 1.70 bits per heavy atom. The first kappa shape index (κ1) is 27.8. The molecule has 43 heavy (non-hydrogen) atoms. The van der Waals surface area contributed by atoms with E-state index in [2.05, 4.69) is 15.6 Å². The number of rotatable bonds is 7. The molecule has 218 valence electrons. The van der Waals surface area contributed by atoms with Crippen molar-refractivity contribution in [2.45, 2.75) is 32.6 Å². The van der Waals surface area contributed by atoms with E-state index in [0.29, 0.717) is 28.6 Å². The quantitative estimate of drug-likeness (QED) is 0.236. The summed E-state index contributed by atoms with van der Waals surface area (Å²) in [4.78, 5) is 43.0. The number of halogens is 2. The van der Waals surface area contributed by atoms with Gasteiger partial charge in [0.2, 0.25) is 5.91 Å². The molecule has 6 rings (SSSR count). The van der Waals surface area contributed by atoms with Gasteiger partial charge in [-0.3, -0.25) is 19.0 Å². The van der Waals surface area contributed by atoms with Crippen molar-refractivity contribution in [1.29, 1.82) is 0 Å². The lowest BCUT2D eigenvalue weighted by Crippen LogP contribution is -2.29. The molecule has 9 nitrogen and oxygen atoms in total. The maximum atomic E-state index is 15.0. The highest BCUT2D eigenvalue weighted by molar-refractivity contribution is 6.04. The van der Waals surface area contributed by atoms with Gasteiger partial charge in [-0.2, -0.15) is 0 Å². The number of aryl methyl sites for hydroxylation is 1. The van der Waals surface area contributed by atoms with Crippen LogP contribution in [0.2, 0.25) is 0 Å². The smallest absolute Gasteiger partial charge is 0.268 e. The molecule has 0 saturated heterocycles. The summed E-state index contributed by atoms with van der Waals surface area (Å²) in [7, 11) is 0. The summed E-state index contributed by atoms with van der Waals surface area (Å²) in [6.07, 6.45) is 7.16. The zero-order valence-electron chi connectivity index (χ0n) is 23.1. The Balaban J connectivity index is 1.15. The van der Waals surface area contributed by atoms with Crippen molar-refractivity contribution in [2.75, 3.05) is 10.6 Å². The highest BCUT2D eigenvalue weighted by atomic mass is 19.1. The Morgan fingerprint density at radius 3 is 2.44 bits per heavy atom. The van der Waals surface area contributed by atoms with E-state index in [0.717, 1.165) is 31.7 Å². The number of imidazole rings is 1. The van der Waals surface area contributed by atoms with Gasteiger partial charge in [-0.15, -0.1) is 0 Å². The monoisotopic (exact) mass is 583 g/mol. The fourth-order valence-electron chi connectivity index (χ4n) is 5.21. The first-order valence-corrected chi connectivity index (χ1v) is 13.8. The van der Waals surface area contributed by atoms with Gasteiger partial charge in [0.1, 0.15) is 22.8 Å². The standard InChI is InChI=1S/C32H27F2N5O4/c1-19-6-13-25(32(42)39(19)23-10-7-21(33)8-11-23)31(41)35-22-9-14-27(26(34)16-22)43-24-12-15-29-36-28(18-38(29)17-24)37-30(40)20-4-2-3-5-20/h6-18,20H,2-5H2,1H3,(H,35,41)(H,37,40). The van der Waals surface area contributed by atoms with Crippen LogP contribution in [0.3, 0.4) is 0 Å². The van der Waals surface area contributed by atoms with Gasteiger partial charge in [-0.1, -0.05) is 12.8 Å². The summed E-state index contributed by atoms with van der Waals surface area (Å²) < 4.78 is 37.1. The molecule has 0 radical (unpaired) electrons. The van der Waals surface area contributed by atoms with E-state index in [-0.39, 0.29) is 28.8 Å². The Labute approximate surface area is 244 Å². The van der Waals surface area contributed by atoms with Crippen LogP contribution in [0.4, 0.5) is 20.3 Å². The van der Waals surface area contributed by atoms with Crippen LogP contribution in [0.5, 0.6) is 11.5 Å². The van der Waals surface area contributed by atoms with Crippen LogP contribution in [-0.4, -0.2) is 25.8 Å². The molecule has 3 heterocycles. The van der Waals surface area contributed by atoms with Crippen LogP contribution in [0, 0.1) is 24.5 Å². The van der Waals surface area contributed by atoms with Crippen LogP contribution in [0.1, 0.15) is 41.7 Å². The summed E-state index contributed by atoms with van der Waals surface area (Å²) in [6.45, 7) is 1.69. The number of hydrogen-bond acceptors (Lipinski definition) is 5. The topological polar surface area (TPSA) is 107 Å². The molecule has 0 spiro atoms.